The van der Waals surface area contributed by atoms with Gasteiger partial charge in [0.15, 0.2) is 6.61 Å². The Morgan fingerprint density at radius 2 is 1.47 bits per heavy atom. The number of hydrogen-bond donors (Lipinski definition) is 2. The Morgan fingerprint density at radius 3 is 2.13 bits per heavy atom. The van der Waals surface area contributed by atoms with Crippen LogP contribution < -0.4 is 15.4 Å². The lowest BCUT2D eigenvalue weighted by atomic mass is 10.1. The van der Waals surface area contributed by atoms with Crippen molar-refractivity contribution in [3.63, 3.8) is 0 Å². The Kier molecular flexibility index (Phi) is 6.36. The molecule has 3 aromatic carbocycles. The zero-order valence-corrected chi connectivity index (χ0v) is 15.6. The van der Waals surface area contributed by atoms with Gasteiger partial charge in [-0.05, 0) is 54.6 Å². The number of benzene rings is 3. The van der Waals surface area contributed by atoms with Gasteiger partial charge < -0.3 is 15.4 Å². The quantitative estimate of drug-likeness (QED) is 0.598. The second-order valence-electron chi connectivity index (χ2n) is 6.26. The lowest BCUT2D eigenvalue weighted by Crippen LogP contribution is -2.20. The van der Waals surface area contributed by atoms with E-state index in [1.165, 1.54) is 36.4 Å². The Labute approximate surface area is 170 Å². The van der Waals surface area contributed by atoms with Crippen LogP contribution in [-0.4, -0.2) is 18.4 Å². The molecule has 30 heavy (non-hydrogen) atoms. The van der Waals surface area contributed by atoms with Crippen molar-refractivity contribution in [1.82, 2.24) is 0 Å². The molecule has 0 radical (unpaired) electrons. The van der Waals surface area contributed by atoms with Crippen LogP contribution in [0, 0.1) is 0 Å². The fourth-order valence-corrected chi connectivity index (χ4v) is 2.55. The van der Waals surface area contributed by atoms with Crippen molar-refractivity contribution >= 4 is 23.2 Å². The van der Waals surface area contributed by atoms with Crippen molar-refractivity contribution in [3.05, 3.63) is 90.0 Å². The van der Waals surface area contributed by atoms with Gasteiger partial charge in [0.1, 0.15) is 5.75 Å². The highest BCUT2D eigenvalue weighted by atomic mass is 19.4. The van der Waals surface area contributed by atoms with Gasteiger partial charge in [0, 0.05) is 16.9 Å². The number of nitrogens with one attached hydrogen (secondary N) is 2. The summed E-state index contributed by atoms with van der Waals surface area (Å²) in [6.07, 6.45) is -4.49. The van der Waals surface area contributed by atoms with E-state index in [1.807, 2.05) is 6.07 Å². The molecule has 8 heteroatoms. The summed E-state index contributed by atoms with van der Waals surface area (Å²) >= 11 is 0. The summed E-state index contributed by atoms with van der Waals surface area (Å²) in [5, 5.41) is 5.10. The number of amides is 2. The first-order valence-electron chi connectivity index (χ1n) is 8.87. The average Bonchev–Trinajstić information content (AvgIpc) is 2.73. The molecule has 2 N–H and O–H groups in total. The van der Waals surface area contributed by atoms with Crippen molar-refractivity contribution in [2.24, 2.45) is 0 Å². The number of hydrogen-bond acceptors (Lipinski definition) is 3. The van der Waals surface area contributed by atoms with E-state index >= 15 is 0 Å². The molecule has 3 aromatic rings. The van der Waals surface area contributed by atoms with Gasteiger partial charge in [0.2, 0.25) is 0 Å². The third-order valence-electron chi connectivity index (χ3n) is 3.99. The van der Waals surface area contributed by atoms with Crippen LogP contribution in [0.3, 0.4) is 0 Å². The molecule has 0 aliphatic heterocycles. The molecule has 0 aromatic heterocycles. The van der Waals surface area contributed by atoms with Gasteiger partial charge in [-0.2, -0.15) is 13.2 Å². The normalized spacial score (nSPS) is 10.9. The lowest BCUT2D eigenvalue weighted by Gasteiger charge is -2.10. The number of anilines is 2. The van der Waals surface area contributed by atoms with E-state index in [9.17, 15) is 22.8 Å². The SMILES string of the molecule is O=C(COc1ccc(C(=O)Nc2cccc(C(F)(F)F)c2)cc1)Nc1ccccc1. The predicted molar refractivity (Wildman–Crippen MR) is 106 cm³/mol. The van der Waals surface area contributed by atoms with Crippen molar-refractivity contribution in [2.75, 3.05) is 17.2 Å². The molecule has 0 aliphatic carbocycles. The Hall–Kier alpha value is -3.81. The molecular formula is C22H17F3N2O3. The zero-order chi connectivity index (χ0) is 21.6. The summed E-state index contributed by atoms with van der Waals surface area (Å²) in [6, 6.07) is 19.2. The van der Waals surface area contributed by atoms with Crippen LogP contribution in [-0.2, 0) is 11.0 Å². The minimum absolute atomic E-state index is 0.0349. The second kappa shape index (κ2) is 9.13. The van der Waals surface area contributed by atoms with E-state index in [1.54, 1.807) is 24.3 Å². The standard InChI is InChI=1S/C22H17F3N2O3/c23-22(24,25)16-5-4-8-18(13-16)27-21(29)15-9-11-19(12-10-15)30-14-20(28)26-17-6-2-1-3-7-17/h1-13H,14H2,(H,26,28)(H,27,29). The van der Waals surface area contributed by atoms with Gasteiger partial charge in [-0.1, -0.05) is 24.3 Å². The maximum atomic E-state index is 12.8. The fraction of sp³-hybridized carbons (Fsp3) is 0.0909. The van der Waals surface area contributed by atoms with Crippen LogP contribution in [0.25, 0.3) is 0 Å². The highest BCUT2D eigenvalue weighted by molar-refractivity contribution is 6.04. The van der Waals surface area contributed by atoms with Gasteiger partial charge in [-0.15, -0.1) is 0 Å². The molecule has 0 unspecified atom stereocenters. The lowest BCUT2D eigenvalue weighted by molar-refractivity contribution is -0.137. The Balaban J connectivity index is 1.55. The van der Waals surface area contributed by atoms with E-state index < -0.39 is 17.6 Å². The van der Waals surface area contributed by atoms with Crippen molar-refractivity contribution in [3.8, 4) is 5.75 Å². The van der Waals surface area contributed by atoms with Gasteiger partial charge in [0.05, 0.1) is 5.56 Å². The molecule has 0 aliphatic rings. The molecule has 0 saturated carbocycles. The summed E-state index contributed by atoms with van der Waals surface area (Å²) in [6.45, 7) is -0.218. The van der Waals surface area contributed by atoms with Gasteiger partial charge >= 0.3 is 6.18 Å². The smallest absolute Gasteiger partial charge is 0.416 e. The fourth-order valence-electron chi connectivity index (χ4n) is 2.55. The number of rotatable bonds is 6. The number of carbonyl (C=O) groups is 2. The predicted octanol–water partition coefficient (Wildman–Crippen LogP) is 4.98. The first kappa shape index (κ1) is 20.9. The second-order valence-corrected chi connectivity index (χ2v) is 6.26. The summed E-state index contributed by atoms with van der Waals surface area (Å²) in [4.78, 5) is 24.1. The van der Waals surface area contributed by atoms with Gasteiger partial charge in [-0.3, -0.25) is 9.59 Å². The van der Waals surface area contributed by atoms with E-state index in [0.717, 1.165) is 12.1 Å². The number of para-hydroxylation sites is 1. The van der Waals surface area contributed by atoms with Crippen LogP contribution in [0.5, 0.6) is 5.75 Å². The molecule has 0 spiro atoms. The van der Waals surface area contributed by atoms with Crippen molar-refractivity contribution in [1.29, 1.82) is 0 Å². The number of carbonyl (C=O) groups excluding carboxylic acids is 2. The van der Waals surface area contributed by atoms with Crippen molar-refractivity contribution in [2.45, 2.75) is 6.18 Å². The van der Waals surface area contributed by atoms with Crippen LogP contribution in [0.1, 0.15) is 15.9 Å². The largest absolute Gasteiger partial charge is 0.484 e. The van der Waals surface area contributed by atoms with Crippen LogP contribution in [0.2, 0.25) is 0 Å². The Morgan fingerprint density at radius 1 is 0.800 bits per heavy atom. The molecule has 2 amide bonds. The van der Waals surface area contributed by atoms with E-state index in [0.29, 0.717) is 11.4 Å². The summed E-state index contributed by atoms with van der Waals surface area (Å²) in [7, 11) is 0. The molecule has 0 bridgehead atoms. The summed E-state index contributed by atoms with van der Waals surface area (Å²) in [5.74, 6) is -0.538. The van der Waals surface area contributed by atoms with E-state index in [2.05, 4.69) is 10.6 Å². The molecule has 5 nitrogen and oxygen atoms in total. The molecule has 0 saturated heterocycles. The molecule has 0 fully saturated rings. The van der Waals surface area contributed by atoms with Crippen LogP contribution >= 0.6 is 0 Å². The molecule has 3 rings (SSSR count). The highest BCUT2D eigenvalue weighted by Crippen LogP contribution is 2.30. The number of alkyl halides is 3. The first-order chi connectivity index (χ1) is 14.3. The highest BCUT2D eigenvalue weighted by Gasteiger charge is 2.30. The molecular weight excluding hydrogens is 397 g/mol. The summed E-state index contributed by atoms with van der Waals surface area (Å²) < 4.78 is 43.7. The first-order valence-corrected chi connectivity index (χ1v) is 8.87. The summed E-state index contributed by atoms with van der Waals surface area (Å²) in [5.41, 5.74) is 0.0618. The van der Waals surface area contributed by atoms with E-state index in [-0.39, 0.29) is 23.8 Å². The molecule has 0 heterocycles. The van der Waals surface area contributed by atoms with E-state index in [4.69, 9.17) is 4.74 Å². The topological polar surface area (TPSA) is 67.4 Å². The maximum absolute atomic E-state index is 12.8. The van der Waals surface area contributed by atoms with Crippen LogP contribution in [0.4, 0.5) is 24.5 Å². The monoisotopic (exact) mass is 414 g/mol. The zero-order valence-electron chi connectivity index (χ0n) is 15.6. The number of ether oxygens (including phenoxy) is 1. The minimum atomic E-state index is -4.49. The number of halogens is 3. The maximum Gasteiger partial charge on any atom is 0.416 e. The third-order valence-corrected chi connectivity index (χ3v) is 3.99. The van der Waals surface area contributed by atoms with Gasteiger partial charge in [0.25, 0.3) is 11.8 Å². The average molecular weight is 414 g/mol. The van der Waals surface area contributed by atoms with Crippen LogP contribution in [0.15, 0.2) is 78.9 Å². The molecule has 154 valence electrons. The molecule has 0 atom stereocenters. The van der Waals surface area contributed by atoms with Gasteiger partial charge in [-0.25, -0.2) is 0 Å². The van der Waals surface area contributed by atoms with Crippen molar-refractivity contribution < 1.29 is 27.5 Å². The Bertz CT molecular complexity index is 1020. The minimum Gasteiger partial charge on any atom is -0.484 e. The third kappa shape index (κ3) is 5.84.